The Morgan fingerprint density at radius 3 is 2.71 bits per heavy atom. The van der Waals surface area contributed by atoms with Crippen molar-refractivity contribution >= 4 is 17.8 Å². The van der Waals surface area contributed by atoms with Crippen molar-refractivity contribution in [2.45, 2.75) is 44.2 Å². The summed E-state index contributed by atoms with van der Waals surface area (Å²) in [6, 6.07) is 12.6. The van der Waals surface area contributed by atoms with Gasteiger partial charge in [0, 0.05) is 19.8 Å². The van der Waals surface area contributed by atoms with Crippen molar-refractivity contribution in [2.24, 2.45) is 0 Å². The topological polar surface area (TPSA) is 79.8 Å². The Kier molecular flexibility index (Phi) is 6.30. The van der Waals surface area contributed by atoms with Crippen LogP contribution in [0.1, 0.15) is 53.3 Å². The first-order chi connectivity index (χ1) is 15.1. The van der Waals surface area contributed by atoms with E-state index in [0.717, 1.165) is 19.3 Å². The lowest BCUT2D eigenvalue weighted by molar-refractivity contribution is -0.155. The highest BCUT2D eigenvalue weighted by Crippen LogP contribution is 2.33. The number of rotatable bonds is 5. The Morgan fingerprint density at radius 1 is 1.10 bits per heavy atom. The summed E-state index contributed by atoms with van der Waals surface area (Å²) in [6.45, 7) is 0.151. The SMILES string of the molecule is CN(C(=O)COC(=O)[C@@H]1CCCN1C(=O)c1ccccn1)[C@H]1CCCc2ccccc21. The number of likely N-dealkylation sites (tertiary alicyclic amines) is 1. The number of pyridine rings is 1. The molecule has 1 aliphatic heterocycles. The summed E-state index contributed by atoms with van der Waals surface area (Å²) in [7, 11) is 1.76. The molecule has 162 valence electrons. The Hall–Kier alpha value is -3.22. The number of nitrogens with zero attached hydrogens (tertiary/aromatic N) is 3. The zero-order valence-electron chi connectivity index (χ0n) is 17.7. The van der Waals surface area contributed by atoms with Crippen molar-refractivity contribution in [1.29, 1.82) is 0 Å². The molecule has 0 spiro atoms. The molecule has 2 heterocycles. The van der Waals surface area contributed by atoms with Gasteiger partial charge in [-0.05, 0) is 55.4 Å². The molecule has 1 aliphatic carbocycles. The van der Waals surface area contributed by atoms with Crippen LogP contribution in [0.5, 0.6) is 0 Å². The van der Waals surface area contributed by atoms with Crippen molar-refractivity contribution in [3.63, 3.8) is 0 Å². The number of hydrogen-bond donors (Lipinski definition) is 0. The van der Waals surface area contributed by atoms with Crippen molar-refractivity contribution in [2.75, 3.05) is 20.2 Å². The quantitative estimate of drug-likeness (QED) is 0.694. The van der Waals surface area contributed by atoms with Gasteiger partial charge in [-0.25, -0.2) is 4.79 Å². The Labute approximate surface area is 182 Å². The second-order valence-corrected chi connectivity index (χ2v) is 8.09. The first kappa shape index (κ1) is 21.0. The predicted molar refractivity (Wildman–Crippen MR) is 114 cm³/mol. The fraction of sp³-hybridized carbons (Fsp3) is 0.417. The molecule has 2 aromatic rings. The van der Waals surface area contributed by atoms with Gasteiger partial charge in [0.15, 0.2) is 6.61 Å². The standard InChI is InChI=1S/C24H27N3O4/c1-26(20-12-6-9-17-8-2-3-10-18(17)20)22(28)16-31-24(30)21-13-7-15-27(21)23(29)19-11-4-5-14-25-19/h2-5,8,10-11,14,20-21H,6-7,9,12-13,15-16H2,1H3/t20-,21-/m0/s1. The second kappa shape index (κ2) is 9.29. The third-order valence-electron chi connectivity index (χ3n) is 6.21. The van der Waals surface area contributed by atoms with Crippen LogP contribution in [0.25, 0.3) is 0 Å². The molecule has 0 unspecified atom stereocenters. The summed E-state index contributed by atoms with van der Waals surface area (Å²) in [4.78, 5) is 45.4. The number of esters is 1. The molecule has 2 atom stereocenters. The third kappa shape index (κ3) is 4.45. The van der Waals surface area contributed by atoms with Crippen LogP contribution in [0.15, 0.2) is 48.7 Å². The lowest BCUT2D eigenvalue weighted by atomic mass is 9.87. The summed E-state index contributed by atoms with van der Waals surface area (Å²) in [6.07, 6.45) is 5.72. The van der Waals surface area contributed by atoms with E-state index in [1.54, 1.807) is 36.3 Å². The average Bonchev–Trinajstić information content (AvgIpc) is 3.31. The van der Waals surface area contributed by atoms with E-state index in [0.29, 0.717) is 25.1 Å². The van der Waals surface area contributed by atoms with E-state index in [1.165, 1.54) is 16.0 Å². The number of ether oxygens (including phenoxy) is 1. The van der Waals surface area contributed by atoms with Gasteiger partial charge in [-0.3, -0.25) is 14.6 Å². The fourth-order valence-corrected chi connectivity index (χ4v) is 4.53. The molecule has 0 bridgehead atoms. The van der Waals surface area contributed by atoms with E-state index in [2.05, 4.69) is 17.1 Å². The van der Waals surface area contributed by atoms with Crippen LogP contribution in [-0.4, -0.2) is 58.8 Å². The van der Waals surface area contributed by atoms with Crippen molar-refractivity contribution in [1.82, 2.24) is 14.8 Å². The molecular formula is C24H27N3O4. The summed E-state index contributed by atoms with van der Waals surface area (Å²) in [5, 5.41) is 0. The molecule has 4 rings (SSSR count). The predicted octanol–water partition coefficient (Wildman–Crippen LogP) is 2.77. The van der Waals surface area contributed by atoms with Crippen molar-refractivity contribution in [3.8, 4) is 0 Å². The zero-order chi connectivity index (χ0) is 21.8. The number of aromatic nitrogens is 1. The largest absolute Gasteiger partial charge is 0.454 e. The van der Waals surface area contributed by atoms with E-state index in [1.807, 2.05) is 12.1 Å². The minimum atomic E-state index is -0.678. The van der Waals surface area contributed by atoms with Crippen LogP contribution >= 0.6 is 0 Å². The monoisotopic (exact) mass is 421 g/mol. The van der Waals surface area contributed by atoms with Gasteiger partial charge in [-0.1, -0.05) is 30.3 Å². The van der Waals surface area contributed by atoms with E-state index < -0.39 is 12.0 Å². The first-order valence-corrected chi connectivity index (χ1v) is 10.8. The van der Waals surface area contributed by atoms with Gasteiger partial charge < -0.3 is 14.5 Å². The summed E-state index contributed by atoms with van der Waals surface area (Å²) in [5.74, 6) is -1.06. The summed E-state index contributed by atoms with van der Waals surface area (Å²) in [5.41, 5.74) is 2.73. The maximum atomic E-state index is 12.8. The molecule has 7 nitrogen and oxygen atoms in total. The van der Waals surface area contributed by atoms with Crippen LogP contribution in [0.4, 0.5) is 0 Å². The average molecular weight is 421 g/mol. The molecule has 0 radical (unpaired) electrons. The van der Waals surface area contributed by atoms with E-state index in [-0.39, 0.29) is 24.5 Å². The molecule has 1 saturated heterocycles. The molecule has 7 heteroatoms. The van der Waals surface area contributed by atoms with Crippen LogP contribution in [0, 0.1) is 0 Å². The number of amides is 2. The number of fused-ring (bicyclic) bond motifs is 1. The maximum absolute atomic E-state index is 12.8. The zero-order valence-corrected chi connectivity index (χ0v) is 17.7. The van der Waals surface area contributed by atoms with Gasteiger partial charge in [-0.15, -0.1) is 0 Å². The number of benzene rings is 1. The lowest BCUT2D eigenvalue weighted by Gasteiger charge is -2.33. The molecular weight excluding hydrogens is 394 g/mol. The molecule has 31 heavy (non-hydrogen) atoms. The summed E-state index contributed by atoms with van der Waals surface area (Å²) >= 11 is 0. The number of likely N-dealkylation sites (N-methyl/N-ethyl adjacent to an activating group) is 1. The van der Waals surface area contributed by atoms with Gasteiger partial charge in [-0.2, -0.15) is 0 Å². The van der Waals surface area contributed by atoms with Crippen molar-refractivity contribution < 1.29 is 19.1 Å². The van der Waals surface area contributed by atoms with Gasteiger partial charge in [0.25, 0.3) is 11.8 Å². The minimum Gasteiger partial charge on any atom is -0.454 e. The lowest BCUT2D eigenvalue weighted by Crippen LogP contribution is -2.43. The molecule has 2 amide bonds. The maximum Gasteiger partial charge on any atom is 0.329 e. The number of carbonyl (C=O) groups excluding carboxylic acids is 3. The molecule has 2 aliphatic rings. The normalized spacial score (nSPS) is 20.1. The second-order valence-electron chi connectivity index (χ2n) is 8.09. The molecule has 0 N–H and O–H groups in total. The fourth-order valence-electron chi connectivity index (χ4n) is 4.53. The summed E-state index contributed by atoms with van der Waals surface area (Å²) < 4.78 is 5.36. The number of hydrogen-bond acceptors (Lipinski definition) is 5. The molecule has 1 fully saturated rings. The van der Waals surface area contributed by atoms with Gasteiger partial charge in [0.1, 0.15) is 11.7 Å². The van der Waals surface area contributed by atoms with E-state index >= 15 is 0 Å². The third-order valence-corrected chi connectivity index (χ3v) is 6.21. The molecule has 0 saturated carbocycles. The Balaban J connectivity index is 1.36. The van der Waals surface area contributed by atoms with Crippen LogP contribution < -0.4 is 0 Å². The highest BCUT2D eigenvalue weighted by atomic mass is 16.5. The Bertz CT molecular complexity index is 962. The minimum absolute atomic E-state index is 0.00939. The van der Waals surface area contributed by atoms with Crippen LogP contribution in [0.3, 0.4) is 0 Å². The van der Waals surface area contributed by atoms with Crippen LogP contribution in [-0.2, 0) is 20.7 Å². The van der Waals surface area contributed by atoms with Crippen LogP contribution in [0.2, 0.25) is 0 Å². The number of aryl methyl sites for hydroxylation is 1. The van der Waals surface area contributed by atoms with Gasteiger partial charge >= 0.3 is 5.97 Å². The van der Waals surface area contributed by atoms with Gasteiger partial charge in [0.05, 0.1) is 6.04 Å². The van der Waals surface area contributed by atoms with E-state index in [9.17, 15) is 14.4 Å². The van der Waals surface area contributed by atoms with E-state index in [4.69, 9.17) is 4.74 Å². The highest BCUT2D eigenvalue weighted by molar-refractivity contribution is 5.95. The van der Waals surface area contributed by atoms with Crippen molar-refractivity contribution in [3.05, 3.63) is 65.5 Å². The molecule has 1 aromatic carbocycles. The highest BCUT2D eigenvalue weighted by Gasteiger charge is 2.36. The molecule has 1 aromatic heterocycles. The smallest absolute Gasteiger partial charge is 0.329 e. The Morgan fingerprint density at radius 2 is 1.90 bits per heavy atom. The van der Waals surface area contributed by atoms with Gasteiger partial charge in [0.2, 0.25) is 0 Å². The first-order valence-electron chi connectivity index (χ1n) is 10.8. The number of carbonyl (C=O) groups is 3.